The van der Waals surface area contributed by atoms with Crippen molar-refractivity contribution in [3.05, 3.63) is 85.1 Å². The number of anilines is 3. The second-order valence-electron chi connectivity index (χ2n) is 7.33. The number of fused-ring (bicyclic) bond motifs is 2. The zero-order valence-electron chi connectivity index (χ0n) is 17.1. The number of rotatable bonds is 5. The van der Waals surface area contributed by atoms with Gasteiger partial charge in [-0.3, -0.25) is 9.71 Å². The third-order valence-corrected chi connectivity index (χ3v) is 6.39. The van der Waals surface area contributed by atoms with Gasteiger partial charge in [0.15, 0.2) is 11.6 Å². The lowest BCUT2D eigenvalue weighted by atomic mass is 9.97. The zero-order valence-corrected chi connectivity index (χ0v) is 18.0. The molecule has 0 radical (unpaired) electrons. The Hall–Kier alpha value is -3.98. The van der Waals surface area contributed by atoms with Crippen molar-refractivity contribution in [2.24, 2.45) is 0 Å². The second-order valence-corrected chi connectivity index (χ2v) is 9.01. The van der Waals surface area contributed by atoms with Crippen molar-refractivity contribution >= 4 is 62.6 Å². The van der Waals surface area contributed by atoms with Gasteiger partial charge in [-0.05, 0) is 48.5 Å². The first-order chi connectivity index (χ1) is 15.5. The number of hydrogen-bond donors (Lipinski definition) is 2. The molecule has 0 unspecified atom stereocenters. The molecule has 0 aliphatic carbocycles. The largest absolute Gasteiger partial charge is 0.337 e. The minimum atomic E-state index is -3.86. The standard InChI is InChI=1S/C23H18BN5O2S/c24-15-10-12-16(13-11-15)32(30,31)29-23-22(27-20-6-1-2-7-21(20)28-23)26-19-9-3-8-18-17(19)5-4-14-25-18/h1-14H,24H2,(H,26,27)(H,28,29). The van der Waals surface area contributed by atoms with Gasteiger partial charge in [0.25, 0.3) is 10.0 Å². The molecule has 32 heavy (non-hydrogen) atoms. The van der Waals surface area contributed by atoms with Gasteiger partial charge in [0.05, 0.1) is 21.4 Å². The van der Waals surface area contributed by atoms with Crippen molar-refractivity contribution < 1.29 is 8.42 Å². The molecular formula is C23H18BN5O2S. The SMILES string of the molecule is Bc1ccc(S(=O)(=O)Nc2nc3ccccc3nc2Nc2cccc3ncccc23)cc1. The Labute approximate surface area is 186 Å². The molecule has 0 saturated heterocycles. The molecule has 0 bridgehead atoms. The Bertz CT molecular complexity index is 1550. The van der Waals surface area contributed by atoms with Crippen LogP contribution in [0.3, 0.4) is 0 Å². The van der Waals surface area contributed by atoms with Crippen LogP contribution >= 0.6 is 0 Å². The van der Waals surface area contributed by atoms with E-state index in [-0.39, 0.29) is 10.7 Å². The molecule has 5 aromatic rings. The predicted molar refractivity (Wildman–Crippen MR) is 130 cm³/mol. The number of hydrogen-bond acceptors (Lipinski definition) is 6. The molecule has 3 aromatic carbocycles. The van der Waals surface area contributed by atoms with Crippen molar-refractivity contribution in [1.29, 1.82) is 0 Å². The van der Waals surface area contributed by atoms with E-state index in [4.69, 9.17) is 0 Å². The Kier molecular flexibility index (Phi) is 4.95. The number of nitrogens with zero attached hydrogens (tertiary/aromatic N) is 3. The maximum Gasteiger partial charge on any atom is 0.263 e. The predicted octanol–water partition coefficient (Wildman–Crippen LogP) is 2.98. The molecule has 0 amide bonds. The van der Waals surface area contributed by atoms with E-state index in [0.29, 0.717) is 16.9 Å². The molecule has 0 aliphatic rings. The van der Waals surface area contributed by atoms with Crippen LogP contribution in [0.5, 0.6) is 0 Å². The summed E-state index contributed by atoms with van der Waals surface area (Å²) in [5.41, 5.74) is 3.76. The number of para-hydroxylation sites is 2. The number of aromatic nitrogens is 3. The molecule has 156 valence electrons. The Morgan fingerprint density at radius 1 is 0.719 bits per heavy atom. The highest BCUT2D eigenvalue weighted by molar-refractivity contribution is 7.92. The van der Waals surface area contributed by atoms with Crippen LogP contribution in [0.2, 0.25) is 0 Å². The fourth-order valence-corrected chi connectivity index (χ4v) is 4.41. The molecule has 0 saturated carbocycles. The molecule has 0 fully saturated rings. The smallest absolute Gasteiger partial charge is 0.263 e. The quantitative estimate of drug-likeness (QED) is 0.409. The van der Waals surface area contributed by atoms with Gasteiger partial charge in [-0.2, -0.15) is 0 Å². The van der Waals surface area contributed by atoms with Crippen LogP contribution in [-0.2, 0) is 10.0 Å². The van der Waals surface area contributed by atoms with Gasteiger partial charge < -0.3 is 5.32 Å². The van der Waals surface area contributed by atoms with Gasteiger partial charge in [-0.25, -0.2) is 18.4 Å². The van der Waals surface area contributed by atoms with Crippen LogP contribution in [0.4, 0.5) is 17.3 Å². The van der Waals surface area contributed by atoms with Crippen LogP contribution in [0.15, 0.2) is 90.0 Å². The summed E-state index contributed by atoms with van der Waals surface area (Å²) in [7, 11) is -1.96. The highest BCUT2D eigenvalue weighted by Gasteiger charge is 2.19. The Morgan fingerprint density at radius 3 is 2.16 bits per heavy atom. The van der Waals surface area contributed by atoms with Gasteiger partial charge in [0, 0.05) is 17.3 Å². The van der Waals surface area contributed by atoms with E-state index in [1.807, 2.05) is 56.4 Å². The molecule has 5 rings (SSSR count). The van der Waals surface area contributed by atoms with Crippen molar-refractivity contribution in [3.8, 4) is 0 Å². The van der Waals surface area contributed by atoms with Crippen molar-refractivity contribution in [2.75, 3.05) is 10.0 Å². The summed E-state index contributed by atoms with van der Waals surface area (Å²) in [6, 6.07) is 23.4. The molecule has 7 nitrogen and oxygen atoms in total. The zero-order chi connectivity index (χ0) is 22.1. The number of sulfonamides is 1. The summed E-state index contributed by atoms with van der Waals surface area (Å²) in [4.78, 5) is 13.7. The number of nitrogens with one attached hydrogen (secondary N) is 2. The van der Waals surface area contributed by atoms with Crippen LogP contribution < -0.4 is 15.5 Å². The lowest BCUT2D eigenvalue weighted by Crippen LogP contribution is -2.17. The molecule has 0 spiro atoms. The molecule has 0 atom stereocenters. The normalized spacial score (nSPS) is 11.5. The minimum Gasteiger partial charge on any atom is -0.337 e. The topological polar surface area (TPSA) is 96.9 Å². The molecule has 2 heterocycles. The summed E-state index contributed by atoms with van der Waals surface area (Å²) in [6.45, 7) is 0. The summed E-state index contributed by atoms with van der Waals surface area (Å²) in [5, 5.41) is 4.14. The number of benzene rings is 3. The third-order valence-electron chi connectivity index (χ3n) is 5.03. The van der Waals surface area contributed by atoms with Gasteiger partial charge in [-0.1, -0.05) is 35.8 Å². The average molecular weight is 439 g/mol. The lowest BCUT2D eigenvalue weighted by molar-refractivity contribution is 0.601. The second kappa shape index (κ2) is 7.94. The van der Waals surface area contributed by atoms with Crippen molar-refractivity contribution in [1.82, 2.24) is 15.0 Å². The average Bonchev–Trinajstić information content (AvgIpc) is 2.80. The lowest BCUT2D eigenvalue weighted by Gasteiger charge is -2.15. The first-order valence-corrected chi connectivity index (χ1v) is 11.4. The van der Waals surface area contributed by atoms with Gasteiger partial charge in [0.1, 0.15) is 7.85 Å². The van der Waals surface area contributed by atoms with E-state index >= 15 is 0 Å². The maximum absolute atomic E-state index is 13.0. The monoisotopic (exact) mass is 439 g/mol. The molecular weight excluding hydrogens is 421 g/mol. The van der Waals surface area contributed by atoms with Crippen LogP contribution in [0.1, 0.15) is 0 Å². The van der Waals surface area contributed by atoms with Crippen LogP contribution in [0.25, 0.3) is 21.9 Å². The molecule has 9 heteroatoms. The van der Waals surface area contributed by atoms with E-state index in [1.54, 1.807) is 36.5 Å². The highest BCUT2D eigenvalue weighted by atomic mass is 32.2. The summed E-state index contributed by atoms with van der Waals surface area (Å²) < 4.78 is 28.7. The van der Waals surface area contributed by atoms with E-state index < -0.39 is 10.0 Å². The van der Waals surface area contributed by atoms with E-state index in [9.17, 15) is 8.42 Å². The maximum atomic E-state index is 13.0. The Morgan fingerprint density at radius 2 is 1.41 bits per heavy atom. The van der Waals surface area contributed by atoms with Crippen LogP contribution in [-0.4, -0.2) is 31.2 Å². The van der Waals surface area contributed by atoms with Gasteiger partial charge in [0.2, 0.25) is 0 Å². The van der Waals surface area contributed by atoms with E-state index in [2.05, 4.69) is 25.0 Å². The van der Waals surface area contributed by atoms with E-state index in [1.165, 1.54) is 0 Å². The van der Waals surface area contributed by atoms with Crippen molar-refractivity contribution in [2.45, 2.75) is 4.90 Å². The van der Waals surface area contributed by atoms with Crippen molar-refractivity contribution in [3.63, 3.8) is 0 Å². The number of pyridine rings is 1. The first kappa shape index (κ1) is 20.0. The van der Waals surface area contributed by atoms with Gasteiger partial charge in [-0.15, -0.1) is 0 Å². The third kappa shape index (κ3) is 3.85. The summed E-state index contributed by atoms with van der Waals surface area (Å²) in [5.74, 6) is 0.418. The van der Waals surface area contributed by atoms with E-state index in [0.717, 1.165) is 22.1 Å². The minimum absolute atomic E-state index is 0.116. The highest BCUT2D eigenvalue weighted by Crippen LogP contribution is 2.30. The fraction of sp³-hybridized carbons (Fsp3) is 0. The first-order valence-electron chi connectivity index (χ1n) is 9.97. The Balaban J connectivity index is 1.61. The molecule has 2 aromatic heterocycles. The van der Waals surface area contributed by atoms with Gasteiger partial charge >= 0.3 is 0 Å². The van der Waals surface area contributed by atoms with Crippen LogP contribution in [0, 0.1) is 0 Å². The summed E-state index contributed by atoms with van der Waals surface area (Å²) >= 11 is 0. The fourth-order valence-electron chi connectivity index (χ4n) is 3.40. The molecule has 0 aliphatic heterocycles. The molecule has 2 N–H and O–H groups in total. The summed E-state index contributed by atoms with van der Waals surface area (Å²) in [6.07, 6.45) is 1.73.